The number of rotatable bonds is 1. The lowest BCUT2D eigenvalue weighted by Gasteiger charge is -2.24. The molecule has 2 nitrogen and oxygen atoms in total. The van der Waals surface area contributed by atoms with Gasteiger partial charge in [-0.2, -0.15) is 0 Å². The minimum atomic E-state index is -3.67. The Labute approximate surface area is 164 Å². The average molecular weight is 396 g/mol. The first-order valence-electron chi connectivity index (χ1n) is 8.87. The van der Waals surface area contributed by atoms with E-state index in [2.05, 4.69) is 82.5 Å². The van der Waals surface area contributed by atoms with Crippen LogP contribution in [0.1, 0.15) is 52.7 Å². The van der Waals surface area contributed by atoms with E-state index < -0.39 is 7.54 Å². The molecule has 0 amide bonds. The van der Waals surface area contributed by atoms with Crippen molar-refractivity contribution in [3.8, 4) is 5.69 Å². The van der Waals surface area contributed by atoms with Gasteiger partial charge < -0.3 is 4.42 Å². The molecule has 0 radical (unpaired) electrons. The molecule has 2 aromatic carbocycles. The van der Waals surface area contributed by atoms with Crippen LogP contribution in [0.4, 0.5) is 17.7 Å². The standard InChI is InChI=1S/C21H26NO.BF3.FH/c1-20(2,3)15-12-17(21(4,5)6)19-18(13-15)22(14-23-19)16-10-8-7-9-11-16;2-1(3)4;/h7-14H,1-6H3;;1H/q+1;;. The quantitative estimate of drug-likeness (QED) is 0.267. The summed E-state index contributed by atoms with van der Waals surface area (Å²) in [5.41, 5.74) is 5.96. The second-order valence-corrected chi connectivity index (χ2v) is 8.55. The van der Waals surface area contributed by atoms with Crippen molar-refractivity contribution in [1.82, 2.24) is 0 Å². The fraction of sp³-hybridized carbons (Fsp3) is 0.381. The van der Waals surface area contributed by atoms with E-state index >= 15 is 0 Å². The Morgan fingerprint density at radius 2 is 1.39 bits per heavy atom. The number of hydrogen-bond donors (Lipinski definition) is 0. The summed E-state index contributed by atoms with van der Waals surface area (Å²) >= 11 is 0. The zero-order valence-corrected chi connectivity index (χ0v) is 17.1. The third kappa shape index (κ3) is 5.60. The van der Waals surface area contributed by atoms with Crippen molar-refractivity contribution in [3.05, 3.63) is 60.0 Å². The number of benzene rings is 2. The highest BCUT2D eigenvalue weighted by atomic mass is 19.4. The first kappa shape index (κ1) is 23.7. The third-order valence-corrected chi connectivity index (χ3v) is 4.31. The van der Waals surface area contributed by atoms with E-state index in [1.54, 1.807) is 0 Å². The topological polar surface area (TPSA) is 17.0 Å². The van der Waals surface area contributed by atoms with Crippen LogP contribution in [0.2, 0.25) is 0 Å². The summed E-state index contributed by atoms with van der Waals surface area (Å²) < 4.78 is 37.1. The molecule has 0 N–H and O–H groups in total. The lowest BCUT2D eigenvalue weighted by atomic mass is 9.80. The largest absolute Gasteiger partial charge is 0.762 e. The van der Waals surface area contributed by atoms with Crippen LogP contribution in [0.3, 0.4) is 0 Å². The summed E-state index contributed by atoms with van der Waals surface area (Å²) in [4.78, 5) is 0. The zero-order valence-electron chi connectivity index (χ0n) is 17.1. The van der Waals surface area contributed by atoms with Crippen LogP contribution in [-0.2, 0) is 10.8 Å². The third-order valence-electron chi connectivity index (χ3n) is 4.31. The molecule has 0 saturated heterocycles. The van der Waals surface area contributed by atoms with E-state index in [9.17, 15) is 12.9 Å². The molecule has 7 heteroatoms. The number of para-hydroxylation sites is 1. The van der Waals surface area contributed by atoms with Gasteiger partial charge >= 0.3 is 13.9 Å². The molecule has 3 aromatic rings. The molecule has 0 aliphatic carbocycles. The number of fused-ring (bicyclic) bond motifs is 1. The Bertz CT molecular complexity index is 894. The summed E-state index contributed by atoms with van der Waals surface area (Å²) in [6.07, 6.45) is 1.82. The monoisotopic (exact) mass is 396 g/mol. The molecule has 28 heavy (non-hydrogen) atoms. The molecule has 1 heterocycles. The van der Waals surface area contributed by atoms with Crippen molar-refractivity contribution in [2.24, 2.45) is 0 Å². The van der Waals surface area contributed by atoms with Gasteiger partial charge in [0.1, 0.15) is 0 Å². The van der Waals surface area contributed by atoms with Crippen molar-refractivity contribution in [2.45, 2.75) is 52.4 Å². The Morgan fingerprint density at radius 1 is 0.857 bits per heavy atom. The number of aromatic nitrogens is 1. The smallest absolute Gasteiger partial charge is 0.403 e. The van der Waals surface area contributed by atoms with Gasteiger partial charge in [0, 0.05) is 23.8 Å². The number of nitrogens with zero attached hydrogens (tertiary/aromatic N) is 1. The minimum Gasteiger partial charge on any atom is -0.403 e. The summed E-state index contributed by atoms with van der Waals surface area (Å²) in [6.45, 7) is 13.5. The number of halogens is 4. The van der Waals surface area contributed by atoms with Gasteiger partial charge in [-0.25, -0.2) is 0 Å². The molecule has 0 unspecified atom stereocenters. The Kier molecular flexibility index (Phi) is 7.46. The molecule has 0 aliphatic heterocycles. The maximum Gasteiger partial charge on any atom is 0.762 e. The van der Waals surface area contributed by atoms with Crippen LogP contribution in [-0.4, -0.2) is 7.54 Å². The van der Waals surface area contributed by atoms with E-state index in [-0.39, 0.29) is 15.5 Å². The molecule has 0 atom stereocenters. The van der Waals surface area contributed by atoms with E-state index in [4.69, 9.17) is 4.42 Å². The fourth-order valence-electron chi connectivity index (χ4n) is 2.86. The fourth-order valence-corrected chi connectivity index (χ4v) is 2.86. The molecule has 0 spiro atoms. The number of hydrogen-bond acceptors (Lipinski definition) is 1. The summed E-state index contributed by atoms with van der Waals surface area (Å²) in [6, 6.07) is 14.9. The summed E-state index contributed by atoms with van der Waals surface area (Å²) in [7, 11) is -3.67. The summed E-state index contributed by atoms with van der Waals surface area (Å²) in [5.74, 6) is 0. The van der Waals surface area contributed by atoms with Crippen molar-refractivity contribution < 1.29 is 26.6 Å². The van der Waals surface area contributed by atoms with E-state index in [1.807, 2.05) is 12.5 Å². The summed E-state index contributed by atoms with van der Waals surface area (Å²) in [5, 5.41) is 0. The van der Waals surface area contributed by atoms with Crippen molar-refractivity contribution in [3.63, 3.8) is 0 Å². The molecule has 1 aromatic heterocycles. The molecule has 0 bridgehead atoms. The minimum absolute atomic E-state index is 0. The van der Waals surface area contributed by atoms with Crippen LogP contribution in [0, 0.1) is 0 Å². The van der Waals surface area contributed by atoms with Crippen LogP contribution in [0.25, 0.3) is 16.8 Å². The van der Waals surface area contributed by atoms with Gasteiger partial charge in [0.25, 0.3) is 5.52 Å². The second-order valence-electron chi connectivity index (χ2n) is 8.55. The van der Waals surface area contributed by atoms with Crippen molar-refractivity contribution >= 4 is 18.6 Å². The lowest BCUT2D eigenvalue weighted by molar-refractivity contribution is -0.573. The zero-order chi connectivity index (χ0) is 20.4. The molecule has 0 fully saturated rings. The predicted molar refractivity (Wildman–Crippen MR) is 107 cm³/mol. The van der Waals surface area contributed by atoms with Crippen molar-refractivity contribution in [2.75, 3.05) is 0 Å². The van der Waals surface area contributed by atoms with Gasteiger partial charge in [-0.15, -0.1) is 4.57 Å². The van der Waals surface area contributed by atoms with Crippen LogP contribution in [0.5, 0.6) is 0 Å². The van der Waals surface area contributed by atoms with Crippen LogP contribution in [0.15, 0.2) is 53.3 Å². The van der Waals surface area contributed by atoms with Crippen molar-refractivity contribution in [1.29, 1.82) is 0 Å². The first-order chi connectivity index (χ1) is 12.4. The highest BCUT2D eigenvalue weighted by Crippen LogP contribution is 2.34. The Hall–Kier alpha value is -2.31. The van der Waals surface area contributed by atoms with Crippen LogP contribution < -0.4 is 4.57 Å². The van der Waals surface area contributed by atoms with Gasteiger partial charge in [-0.05, 0) is 16.4 Å². The Morgan fingerprint density at radius 3 is 1.86 bits per heavy atom. The van der Waals surface area contributed by atoms with Gasteiger partial charge in [0.15, 0.2) is 0 Å². The normalized spacial score (nSPS) is 11.5. The van der Waals surface area contributed by atoms with Gasteiger partial charge in [-0.1, -0.05) is 65.8 Å². The predicted octanol–water partition coefficient (Wildman–Crippen LogP) is 6.34. The average Bonchev–Trinajstić information content (AvgIpc) is 2.96. The second kappa shape index (κ2) is 8.80. The van der Waals surface area contributed by atoms with E-state index in [1.165, 1.54) is 11.1 Å². The number of oxazole rings is 1. The molecule has 0 saturated carbocycles. The lowest BCUT2D eigenvalue weighted by Crippen LogP contribution is -2.29. The van der Waals surface area contributed by atoms with E-state index in [0.29, 0.717) is 0 Å². The molecule has 3 rings (SSSR count). The first-order valence-corrected chi connectivity index (χ1v) is 8.87. The van der Waals surface area contributed by atoms with Gasteiger partial charge in [0.05, 0.1) is 0 Å². The van der Waals surface area contributed by atoms with Gasteiger partial charge in [0.2, 0.25) is 11.3 Å². The Balaban J connectivity index is 0.000000717. The van der Waals surface area contributed by atoms with Crippen LogP contribution >= 0.6 is 0 Å². The SMILES string of the molecule is CC(C)(C)c1cc(C(C)(C)C)c2oc[n+](-c3ccccc3)c2c1.F.FB(F)F. The highest BCUT2D eigenvalue weighted by Gasteiger charge is 2.28. The molecule has 152 valence electrons. The van der Waals surface area contributed by atoms with Gasteiger partial charge in [-0.3, -0.25) is 17.7 Å². The molecular weight excluding hydrogens is 369 g/mol. The molecular formula is C21H27BF4NO+. The molecule has 0 aliphatic rings. The maximum absolute atomic E-state index is 9.67. The highest BCUT2D eigenvalue weighted by molar-refractivity contribution is 6.33. The maximum atomic E-state index is 9.67. The van der Waals surface area contributed by atoms with E-state index in [0.717, 1.165) is 16.8 Å².